The summed E-state index contributed by atoms with van der Waals surface area (Å²) < 4.78 is 105. The molecule has 0 aliphatic rings. The van der Waals surface area contributed by atoms with E-state index in [-0.39, 0.29) is 0 Å². The number of hydrogen-bond donors (Lipinski definition) is 0. The van der Waals surface area contributed by atoms with E-state index in [1.54, 1.807) is 0 Å². The van der Waals surface area contributed by atoms with Crippen LogP contribution in [0.4, 0.5) is 4.39 Å². The average molecular weight is 172 g/mol. The van der Waals surface area contributed by atoms with Crippen molar-refractivity contribution in [2.75, 3.05) is 0 Å². The van der Waals surface area contributed by atoms with Crippen molar-refractivity contribution >= 4 is 0 Å². The number of alkyl halides is 1. The summed E-state index contributed by atoms with van der Waals surface area (Å²) in [5.41, 5.74) is -10.0. The van der Waals surface area contributed by atoms with Gasteiger partial charge in [-0.15, -0.1) is 0 Å². The van der Waals surface area contributed by atoms with Crippen LogP contribution in [0.2, 0.25) is 0 Å². The van der Waals surface area contributed by atoms with E-state index in [9.17, 15) is 0 Å². The van der Waals surface area contributed by atoms with Crippen molar-refractivity contribution in [3.63, 3.8) is 0 Å². The largest absolute Gasteiger partial charge is 0.243 e. The molecule has 0 aromatic heterocycles. The summed E-state index contributed by atoms with van der Waals surface area (Å²) in [5, 5.41) is 0. The van der Waals surface area contributed by atoms with Gasteiger partial charge in [0.1, 0.15) is 5.67 Å². The predicted molar refractivity (Wildman–Crippen MR) is 48.4 cm³/mol. The Kier molecular flexibility index (Phi) is 0.502. The van der Waals surface area contributed by atoms with E-state index >= 15 is 4.39 Å². The third-order valence-electron chi connectivity index (χ3n) is 1.88. The van der Waals surface area contributed by atoms with Crippen molar-refractivity contribution in [3.05, 3.63) is 0 Å². The summed E-state index contributed by atoms with van der Waals surface area (Å²) in [5.74, 6) is 0. The molecule has 0 fully saturated rings. The SMILES string of the molecule is [2H]C([2H])([2H])C(C)(C([2H])([2H])[2H])C(C)(F)C(C)(C([2H])([2H])[2H])C([2H])([2H])[2H]. The maximum Gasteiger partial charge on any atom is 0.117 e. The van der Waals surface area contributed by atoms with Gasteiger partial charge >= 0.3 is 0 Å². The summed E-state index contributed by atoms with van der Waals surface area (Å²) in [4.78, 5) is 0. The fraction of sp³-hybridized carbons (Fsp3) is 1.00. The van der Waals surface area contributed by atoms with Crippen LogP contribution in [0.1, 0.15) is 64.6 Å². The number of rotatable bonds is 0. The molecule has 0 radical (unpaired) electrons. The van der Waals surface area contributed by atoms with Gasteiger partial charge in [0.15, 0.2) is 0 Å². The minimum Gasteiger partial charge on any atom is -0.243 e. The van der Waals surface area contributed by atoms with Gasteiger partial charge in [0.05, 0.1) is 0 Å². The van der Waals surface area contributed by atoms with Gasteiger partial charge in [-0.25, -0.2) is 4.39 Å². The molecule has 0 aliphatic heterocycles. The van der Waals surface area contributed by atoms with Gasteiger partial charge in [-0.3, -0.25) is 0 Å². The molecule has 0 aliphatic carbocycles. The highest BCUT2D eigenvalue weighted by molar-refractivity contribution is 4.95. The maximum atomic E-state index is 15.7. The first-order chi connectivity index (χ1) is 9.50. The van der Waals surface area contributed by atoms with Crippen LogP contribution in [0.15, 0.2) is 0 Å². The lowest BCUT2D eigenvalue weighted by molar-refractivity contribution is -0.0496. The molecular weight excluding hydrogens is 139 g/mol. The van der Waals surface area contributed by atoms with Crippen molar-refractivity contribution in [2.24, 2.45) is 10.8 Å². The molecule has 0 saturated heterocycles. The van der Waals surface area contributed by atoms with Gasteiger partial charge in [0.25, 0.3) is 0 Å². The van der Waals surface area contributed by atoms with E-state index in [0.29, 0.717) is 20.8 Å². The Morgan fingerprint density at radius 3 is 1.36 bits per heavy atom. The molecule has 0 atom stereocenters. The molecule has 0 saturated carbocycles. The molecule has 68 valence electrons. The first kappa shape index (κ1) is 2.24. The summed E-state index contributed by atoms with van der Waals surface area (Å²) in [7, 11) is 0. The zero-order chi connectivity index (χ0) is 19.5. The van der Waals surface area contributed by atoms with Crippen LogP contribution in [-0.4, -0.2) is 5.67 Å². The fourth-order valence-corrected chi connectivity index (χ4v) is 0.500. The zero-order valence-corrected chi connectivity index (χ0v) is 6.88. The van der Waals surface area contributed by atoms with Crippen LogP contribution in [0.25, 0.3) is 0 Å². The molecule has 0 aromatic rings. The molecule has 0 N–H and O–H groups in total. The third-order valence-corrected chi connectivity index (χ3v) is 1.88. The van der Waals surface area contributed by atoms with Gasteiger partial charge in [-0.05, 0) is 17.8 Å². The molecule has 1 heteroatoms. The molecular formula is C10H21F. The number of halogens is 1. The van der Waals surface area contributed by atoms with Crippen LogP contribution >= 0.6 is 0 Å². The van der Waals surface area contributed by atoms with E-state index in [2.05, 4.69) is 0 Å². The van der Waals surface area contributed by atoms with Crippen molar-refractivity contribution in [2.45, 2.75) is 53.8 Å². The molecule has 0 amide bonds. The van der Waals surface area contributed by atoms with Crippen molar-refractivity contribution in [3.8, 4) is 0 Å². The second-order valence-corrected chi connectivity index (χ2v) is 3.25. The van der Waals surface area contributed by atoms with Crippen LogP contribution in [-0.2, 0) is 0 Å². The first-order valence-electron chi connectivity index (χ1n) is 9.19. The standard InChI is InChI=1S/C10H21F/c1-8(2,3)10(7,11)9(4,5)6/h1-7H3/i1D3,2D3,4D3,5D3. The summed E-state index contributed by atoms with van der Waals surface area (Å²) >= 11 is 0. The lowest BCUT2D eigenvalue weighted by Crippen LogP contribution is -2.46. The molecule has 11 heavy (non-hydrogen) atoms. The Morgan fingerprint density at radius 2 is 1.18 bits per heavy atom. The fourth-order valence-electron chi connectivity index (χ4n) is 0.500. The third kappa shape index (κ3) is 1.94. The average Bonchev–Trinajstić information content (AvgIpc) is 2.19. The van der Waals surface area contributed by atoms with Gasteiger partial charge in [0, 0.05) is 16.4 Å². The Balaban J connectivity index is 6.94. The highest BCUT2D eigenvalue weighted by Gasteiger charge is 2.47. The van der Waals surface area contributed by atoms with E-state index in [4.69, 9.17) is 16.4 Å². The predicted octanol–water partition coefficient (Wildman–Crippen LogP) is 3.81. The Labute approximate surface area is 87.0 Å². The number of hydrogen-bond acceptors (Lipinski definition) is 0. The molecule has 0 nitrogen and oxygen atoms in total. The topological polar surface area (TPSA) is 0 Å². The zero-order valence-electron chi connectivity index (χ0n) is 18.9. The summed E-state index contributed by atoms with van der Waals surface area (Å²) in [6.07, 6.45) is 0. The maximum absolute atomic E-state index is 15.7. The molecule has 0 unspecified atom stereocenters. The van der Waals surface area contributed by atoms with Gasteiger partial charge < -0.3 is 0 Å². The normalized spacial score (nSPS) is 36.0. The van der Waals surface area contributed by atoms with Crippen molar-refractivity contribution in [1.82, 2.24) is 0 Å². The van der Waals surface area contributed by atoms with E-state index in [0.717, 1.165) is 0 Å². The quantitative estimate of drug-likeness (QED) is 0.521. The van der Waals surface area contributed by atoms with Crippen molar-refractivity contribution < 1.29 is 20.8 Å². The first-order valence-corrected chi connectivity index (χ1v) is 3.19. The van der Waals surface area contributed by atoms with E-state index < -0.39 is 43.9 Å². The molecule has 0 bridgehead atoms. The van der Waals surface area contributed by atoms with Crippen molar-refractivity contribution in [1.29, 1.82) is 0 Å². The van der Waals surface area contributed by atoms with Gasteiger partial charge in [-0.2, -0.15) is 0 Å². The smallest absolute Gasteiger partial charge is 0.117 e. The second-order valence-electron chi connectivity index (χ2n) is 3.25. The Morgan fingerprint density at radius 1 is 0.909 bits per heavy atom. The monoisotopic (exact) mass is 172 g/mol. The summed E-state index contributed by atoms with van der Waals surface area (Å²) in [6, 6.07) is 0. The highest BCUT2D eigenvalue weighted by atomic mass is 19.1. The Hall–Kier alpha value is -0.0700. The van der Waals surface area contributed by atoms with E-state index in [1.807, 2.05) is 0 Å². The van der Waals surface area contributed by atoms with Crippen LogP contribution in [0, 0.1) is 10.8 Å². The van der Waals surface area contributed by atoms with E-state index in [1.165, 1.54) is 0 Å². The van der Waals surface area contributed by atoms with Gasteiger partial charge in [0.2, 0.25) is 0 Å². The lowest BCUT2D eigenvalue weighted by atomic mass is 9.65. The van der Waals surface area contributed by atoms with Crippen LogP contribution in [0.5, 0.6) is 0 Å². The lowest BCUT2D eigenvalue weighted by Gasteiger charge is -2.44. The minimum absolute atomic E-state index is 0.435. The second kappa shape index (κ2) is 2.46. The molecule has 0 aromatic carbocycles. The molecule has 0 spiro atoms. The van der Waals surface area contributed by atoms with Crippen LogP contribution in [0.3, 0.4) is 0 Å². The van der Waals surface area contributed by atoms with Gasteiger partial charge in [-0.1, -0.05) is 41.3 Å². The minimum atomic E-state index is -3.60. The Bertz CT molecular complexity index is 367. The molecule has 0 rings (SSSR count). The molecule has 0 heterocycles. The summed E-state index contributed by atoms with van der Waals surface area (Å²) in [6.45, 7) is -12.4. The van der Waals surface area contributed by atoms with Crippen LogP contribution < -0.4 is 0 Å². The highest BCUT2D eigenvalue weighted by Crippen LogP contribution is 2.46.